The van der Waals surface area contributed by atoms with Crippen molar-refractivity contribution in [1.29, 1.82) is 0 Å². The molecule has 5 rings (SSSR count). The molecule has 2 aromatic rings. The number of thiazole rings is 1. The summed E-state index contributed by atoms with van der Waals surface area (Å²) in [6.45, 7) is 9.10. The molecule has 0 aliphatic carbocycles. The van der Waals surface area contributed by atoms with Crippen molar-refractivity contribution in [3.05, 3.63) is 34.0 Å². The molecule has 5 heterocycles. The number of hydrogen-bond acceptors (Lipinski definition) is 8. The Kier molecular flexibility index (Phi) is 4.58. The number of aromatic nitrogens is 3. The van der Waals surface area contributed by atoms with Crippen LogP contribution in [0.5, 0.6) is 0 Å². The van der Waals surface area contributed by atoms with E-state index in [1.807, 2.05) is 29.8 Å². The van der Waals surface area contributed by atoms with Crippen molar-refractivity contribution >= 4 is 17.3 Å². The van der Waals surface area contributed by atoms with Crippen LogP contribution >= 0.6 is 11.3 Å². The summed E-state index contributed by atoms with van der Waals surface area (Å²) in [6.07, 6.45) is 4.62. The van der Waals surface area contributed by atoms with Gasteiger partial charge in [0.2, 0.25) is 5.95 Å². The van der Waals surface area contributed by atoms with Crippen molar-refractivity contribution in [1.82, 2.24) is 24.8 Å². The van der Waals surface area contributed by atoms with Crippen LogP contribution in [0.15, 0.2) is 18.5 Å². The molecule has 0 N–H and O–H groups in total. The third kappa shape index (κ3) is 3.34. The van der Waals surface area contributed by atoms with E-state index in [2.05, 4.69) is 24.7 Å². The Bertz CT molecular complexity index is 716. The molecule has 2 aromatic heterocycles. The topological polar surface area (TPSA) is 57.6 Å². The monoisotopic (exact) mass is 372 g/mol. The Labute approximate surface area is 157 Å². The minimum atomic E-state index is 0.687. The summed E-state index contributed by atoms with van der Waals surface area (Å²) in [5.74, 6) is 0.860. The van der Waals surface area contributed by atoms with Crippen molar-refractivity contribution in [3.63, 3.8) is 0 Å². The van der Waals surface area contributed by atoms with Gasteiger partial charge in [0.1, 0.15) is 5.01 Å². The molecule has 0 unspecified atom stereocenters. The van der Waals surface area contributed by atoms with Gasteiger partial charge in [-0.25, -0.2) is 15.0 Å². The van der Waals surface area contributed by atoms with Crippen LogP contribution in [0.4, 0.5) is 5.95 Å². The molecule has 0 spiro atoms. The summed E-state index contributed by atoms with van der Waals surface area (Å²) >= 11 is 1.84. The van der Waals surface area contributed by atoms with Crippen molar-refractivity contribution < 1.29 is 4.74 Å². The van der Waals surface area contributed by atoms with Gasteiger partial charge in [0.25, 0.3) is 0 Å². The van der Waals surface area contributed by atoms with Gasteiger partial charge in [-0.2, -0.15) is 0 Å². The largest absolute Gasteiger partial charge is 0.375 e. The normalized spacial score (nSPS) is 22.2. The molecule has 0 bridgehead atoms. The fourth-order valence-electron chi connectivity index (χ4n) is 3.98. The van der Waals surface area contributed by atoms with Crippen LogP contribution in [0.2, 0.25) is 0 Å². The molecule has 0 aromatic carbocycles. The Balaban J connectivity index is 1.09. The van der Waals surface area contributed by atoms with Gasteiger partial charge >= 0.3 is 0 Å². The van der Waals surface area contributed by atoms with Gasteiger partial charge in [-0.15, -0.1) is 11.3 Å². The number of rotatable bonds is 4. The second kappa shape index (κ2) is 7.19. The van der Waals surface area contributed by atoms with Gasteiger partial charge < -0.3 is 9.64 Å². The van der Waals surface area contributed by atoms with E-state index in [4.69, 9.17) is 9.72 Å². The SMILES string of the molecule is c1cnc(N2CCN(C3CN(Cc4nc5c(s4)COCC5)C3)CC2)nc1. The summed E-state index contributed by atoms with van der Waals surface area (Å²) < 4.78 is 5.53. The Morgan fingerprint density at radius 2 is 1.92 bits per heavy atom. The zero-order chi connectivity index (χ0) is 17.3. The Hall–Kier alpha value is -1.61. The van der Waals surface area contributed by atoms with Crippen LogP contribution in [0.1, 0.15) is 15.6 Å². The van der Waals surface area contributed by atoms with Crippen LogP contribution in [0, 0.1) is 0 Å². The number of ether oxygens (including phenoxy) is 1. The second-order valence-corrected chi connectivity index (χ2v) is 8.37. The molecule has 26 heavy (non-hydrogen) atoms. The maximum absolute atomic E-state index is 5.53. The van der Waals surface area contributed by atoms with Crippen molar-refractivity contribution in [2.24, 2.45) is 0 Å². The summed E-state index contributed by atoms with van der Waals surface area (Å²) in [7, 11) is 0. The lowest BCUT2D eigenvalue weighted by Crippen LogP contribution is -2.62. The Morgan fingerprint density at radius 1 is 1.12 bits per heavy atom. The van der Waals surface area contributed by atoms with E-state index >= 15 is 0 Å². The fraction of sp³-hybridized carbons (Fsp3) is 0.611. The molecule has 2 saturated heterocycles. The van der Waals surface area contributed by atoms with Crippen LogP contribution < -0.4 is 4.90 Å². The first-order chi connectivity index (χ1) is 12.8. The zero-order valence-electron chi connectivity index (χ0n) is 14.9. The molecule has 2 fully saturated rings. The predicted molar refractivity (Wildman–Crippen MR) is 100 cm³/mol. The average molecular weight is 372 g/mol. The van der Waals surface area contributed by atoms with E-state index in [-0.39, 0.29) is 0 Å². The summed E-state index contributed by atoms with van der Waals surface area (Å²) in [5.41, 5.74) is 1.27. The minimum absolute atomic E-state index is 0.687. The third-order valence-electron chi connectivity index (χ3n) is 5.50. The van der Waals surface area contributed by atoms with E-state index < -0.39 is 0 Å². The van der Waals surface area contributed by atoms with Gasteiger partial charge in [0.15, 0.2) is 0 Å². The molecule has 3 aliphatic rings. The maximum atomic E-state index is 5.53. The molecule has 0 radical (unpaired) electrons. The highest BCUT2D eigenvalue weighted by atomic mass is 32.1. The van der Waals surface area contributed by atoms with Crippen LogP contribution in [-0.2, 0) is 24.3 Å². The minimum Gasteiger partial charge on any atom is -0.375 e. The number of nitrogens with zero attached hydrogens (tertiary/aromatic N) is 6. The number of piperazine rings is 1. The zero-order valence-corrected chi connectivity index (χ0v) is 15.7. The molecular weight excluding hydrogens is 348 g/mol. The fourth-order valence-corrected chi connectivity index (χ4v) is 5.08. The van der Waals surface area contributed by atoms with E-state index in [0.717, 1.165) is 71.4 Å². The van der Waals surface area contributed by atoms with Crippen LogP contribution in [0.25, 0.3) is 0 Å². The first-order valence-corrected chi connectivity index (χ1v) is 10.2. The van der Waals surface area contributed by atoms with Gasteiger partial charge in [-0.05, 0) is 6.07 Å². The maximum Gasteiger partial charge on any atom is 0.225 e. The quantitative estimate of drug-likeness (QED) is 0.794. The van der Waals surface area contributed by atoms with Crippen molar-refractivity contribution in [3.8, 4) is 0 Å². The van der Waals surface area contributed by atoms with Gasteiger partial charge in [0, 0.05) is 64.1 Å². The van der Waals surface area contributed by atoms with Crippen LogP contribution in [-0.4, -0.2) is 76.7 Å². The van der Waals surface area contributed by atoms with Gasteiger partial charge in [-0.3, -0.25) is 9.80 Å². The highest BCUT2D eigenvalue weighted by Gasteiger charge is 2.34. The average Bonchev–Trinajstić information content (AvgIpc) is 3.08. The smallest absolute Gasteiger partial charge is 0.225 e. The molecule has 0 atom stereocenters. The Morgan fingerprint density at radius 3 is 2.69 bits per heavy atom. The van der Waals surface area contributed by atoms with Crippen molar-refractivity contribution in [2.45, 2.75) is 25.6 Å². The lowest BCUT2D eigenvalue weighted by atomic mass is 10.1. The molecular formula is C18H24N6OS. The van der Waals surface area contributed by atoms with Crippen molar-refractivity contribution in [2.75, 3.05) is 50.8 Å². The molecule has 0 saturated carbocycles. The predicted octanol–water partition coefficient (Wildman–Crippen LogP) is 1.01. The summed E-state index contributed by atoms with van der Waals surface area (Å²) in [6, 6.07) is 2.56. The molecule has 0 amide bonds. The first kappa shape index (κ1) is 16.6. The van der Waals surface area contributed by atoms with Gasteiger partial charge in [0.05, 0.1) is 30.3 Å². The van der Waals surface area contributed by atoms with E-state index in [9.17, 15) is 0 Å². The first-order valence-electron chi connectivity index (χ1n) is 9.39. The van der Waals surface area contributed by atoms with Crippen LogP contribution in [0.3, 0.4) is 0 Å². The summed E-state index contributed by atoms with van der Waals surface area (Å²) in [4.78, 5) is 22.3. The lowest BCUT2D eigenvalue weighted by Gasteiger charge is -2.48. The molecule has 8 heteroatoms. The van der Waals surface area contributed by atoms with Gasteiger partial charge in [-0.1, -0.05) is 0 Å². The standard InChI is InChI=1S/C18H24N6OS/c1-3-19-18(20-4-1)24-7-5-23(6-8-24)14-10-22(11-14)12-17-21-15-2-9-25-13-16(15)26-17/h1,3-4,14H,2,5-13H2. The molecule has 138 valence electrons. The number of hydrogen-bond donors (Lipinski definition) is 0. The molecule has 3 aliphatic heterocycles. The highest BCUT2D eigenvalue weighted by molar-refractivity contribution is 7.11. The van der Waals surface area contributed by atoms with E-state index in [1.54, 1.807) is 0 Å². The number of likely N-dealkylation sites (tertiary alicyclic amines) is 1. The lowest BCUT2D eigenvalue weighted by molar-refractivity contribution is 0.0254. The van der Waals surface area contributed by atoms with E-state index in [0.29, 0.717) is 6.04 Å². The number of fused-ring (bicyclic) bond motifs is 1. The second-order valence-electron chi connectivity index (χ2n) is 7.20. The molecule has 7 nitrogen and oxygen atoms in total. The number of anilines is 1. The highest BCUT2D eigenvalue weighted by Crippen LogP contribution is 2.27. The third-order valence-corrected chi connectivity index (χ3v) is 6.56. The van der Waals surface area contributed by atoms with E-state index in [1.165, 1.54) is 15.6 Å². The summed E-state index contributed by atoms with van der Waals surface area (Å²) in [5, 5.41) is 1.25.